The molecule has 0 aromatic heterocycles. The molecule has 1 unspecified atom stereocenters. The average Bonchev–Trinajstić information content (AvgIpc) is 2.75. The maximum atomic E-state index is 13.3. The number of nitrogens with zero attached hydrogens (tertiary/aromatic N) is 1. The van der Waals surface area contributed by atoms with Crippen LogP contribution in [0.3, 0.4) is 0 Å². The van der Waals surface area contributed by atoms with E-state index in [1.54, 1.807) is 24.3 Å². The highest BCUT2D eigenvalue weighted by molar-refractivity contribution is 9.10. The Morgan fingerprint density at radius 2 is 1.31 bits per heavy atom. The molecule has 0 heterocycles. The van der Waals surface area contributed by atoms with Crippen LogP contribution in [0.1, 0.15) is 11.1 Å². The molecule has 1 atom stereocenters. The van der Waals surface area contributed by atoms with Crippen LogP contribution in [0.5, 0.6) is 0 Å². The normalized spacial score (nSPS) is 12.7. The Morgan fingerprint density at radius 3 is 1.83 bits per heavy atom. The minimum absolute atomic E-state index is 0.0999. The highest BCUT2D eigenvalue weighted by Gasteiger charge is 2.38. The minimum atomic E-state index is -5.17. The number of urea groups is 1. The van der Waals surface area contributed by atoms with Crippen molar-refractivity contribution >= 4 is 56.0 Å². The summed E-state index contributed by atoms with van der Waals surface area (Å²) in [5, 5.41) is 4.88. The average molecular weight is 582 g/mol. The second-order valence-corrected chi connectivity index (χ2v) is 8.55. The van der Waals surface area contributed by atoms with Crippen molar-refractivity contribution < 1.29 is 39.9 Å². The zero-order valence-electron chi connectivity index (χ0n) is 17.1. The molecule has 0 spiro atoms. The van der Waals surface area contributed by atoms with Gasteiger partial charge in [0.15, 0.2) is 0 Å². The van der Waals surface area contributed by atoms with E-state index in [9.17, 15) is 39.9 Å². The van der Waals surface area contributed by atoms with Gasteiger partial charge in [-0.15, -0.1) is 0 Å². The molecule has 3 aromatic carbocycles. The summed E-state index contributed by atoms with van der Waals surface area (Å²) in [6.07, 6.45) is -10.3. The van der Waals surface area contributed by atoms with Gasteiger partial charge in [0.05, 0.1) is 33.9 Å². The Labute approximate surface area is 205 Å². The highest BCUT2D eigenvalue weighted by atomic mass is 79.9. The van der Waals surface area contributed by atoms with E-state index in [2.05, 4.69) is 26.6 Å². The molecular weight excluding hydrogens is 568 g/mol. The zero-order valence-corrected chi connectivity index (χ0v) is 19.5. The number of amides is 2. The van der Waals surface area contributed by atoms with Crippen molar-refractivity contribution in [1.29, 1.82) is 0 Å². The van der Waals surface area contributed by atoms with Crippen LogP contribution in [0.4, 0.5) is 53.9 Å². The van der Waals surface area contributed by atoms with E-state index in [0.717, 1.165) is 6.07 Å². The molecule has 186 valence electrons. The van der Waals surface area contributed by atoms with Crippen LogP contribution in [-0.4, -0.2) is 14.8 Å². The number of rotatable bonds is 5. The quantitative estimate of drug-likeness (QED) is 0.217. The van der Waals surface area contributed by atoms with Crippen LogP contribution in [0.15, 0.2) is 71.2 Å². The zero-order chi connectivity index (χ0) is 26.0. The van der Waals surface area contributed by atoms with Crippen molar-refractivity contribution in [3.05, 3.63) is 82.3 Å². The molecule has 2 amide bonds. The van der Waals surface area contributed by atoms with Gasteiger partial charge in [0, 0.05) is 4.47 Å². The second kappa shape index (κ2) is 10.3. The number of hydrogen-bond acceptors (Lipinski definition) is 2. The molecule has 3 aromatic rings. The van der Waals surface area contributed by atoms with Gasteiger partial charge in [0.1, 0.15) is 0 Å². The highest BCUT2D eigenvalue weighted by Crippen LogP contribution is 2.41. The number of carbonyl (C=O) groups excluding carboxylic acids is 1. The fourth-order valence-corrected chi connectivity index (χ4v) is 3.96. The lowest BCUT2D eigenvalue weighted by Gasteiger charge is -2.25. The third-order valence-electron chi connectivity index (χ3n) is 4.46. The second-order valence-electron chi connectivity index (χ2n) is 6.87. The van der Waals surface area contributed by atoms with Gasteiger partial charge < -0.3 is 10.6 Å². The standard InChI is InChI=1S/C21H14BrF6N3O3S/c22-15-5-1-2-6-16(15)29-19(32)30-17-7-3-4-8-18(17)31(35(33)34)14-10-12(20(23,24)25)9-13(11-14)21(26,27)28/h1-11H,(H,33,34)(H2,29,30,32). The Balaban J connectivity index is 2.06. The molecule has 0 aliphatic rings. The Morgan fingerprint density at radius 1 is 0.829 bits per heavy atom. The summed E-state index contributed by atoms with van der Waals surface area (Å²) >= 11 is 0.113. The predicted molar refractivity (Wildman–Crippen MR) is 123 cm³/mol. The van der Waals surface area contributed by atoms with Crippen molar-refractivity contribution in [1.82, 2.24) is 0 Å². The van der Waals surface area contributed by atoms with E-state index in [4.69, 9.17) is 0 Å². The van der Waals surface area contributed by atoms with Gasteiger partial charge in [-0.05, 0) is 58.4 Å². The molecule has 0 radical (unpaired) electrons. The monoisotopic (exact) mass is 581 g/mol. The number of alkyl halides is 6. The Hall–Kier alpha value is -3.10. The first-order valence-electron chi connectivity index (χ1n) is 9.39. The van der Waals surface area contributed by atoms with Gasteiger partial charge in [0.25, 0.3) is 11.3 Å². The predicted octanol–water partition coefficient (Wildman–Crippen LogP) is 7.41. The van der Waals surface area contributed by atoms with E-state index in [1.807, 2.05) is 0 Å². The molecule has 3 rings (SSSR count). The van der Waals surface area contributed by atoms with E-state index >= 15 is 0 Å². The van der Waals surface area contributed by atoms with Gasteiger partial charge in [-0.25, -0.2) is 13.3 Å². The minimum Gasteiger partial charge on any atom is -0.307 e. The number of benzene rings is 3. The maximum Gasteiger partial charge on any atom is 0.416 e. The molecule has 0 aliphatic heterocycles. The molecule has 0 bridgehead atoms. The third kappa shape index (κ3) is 6.52. The van der Waals surface area contributed by atoms with Crippen LogP contribution in [0.2, 0.25) is 0 Å². The maximum absolute atomic E-state index is 13.3. The number of nitrogens with one attached hydrogen (secondary N) is 2. The first-order chi connectivity index (χ1) is 16.3. The van der Waals surface area contributed by atoms with Crippen LogP contribution in [0.25, 0.3) is 0 Å². The van der Waals surface area contributed by atoms with Gasteiger partial charge >= 0.3 is 18.4 Å². The molecule has 35 heavy (non-hydrogen) atoms. The number of para-hydroxylation sites is 3. The number of hydrogen-bond donors (Lipinski definition) is 3. The summed E-state index contributed by atoms with van der Waals surface area (Å²) in [7, 11) is 0. The van der Waals surface area contributed by atoms with Gasteiger partial charge in [-0.3, -0.25) is 4.55 Å². The van der Waals surface area contributed by atoms with Crippen molar-refractivity contribution in [2.24, 2.45) is 0 Å². The first kappa shape index (κ1) is 26.5. The van der Waals surface area contributed by atoms with Crippen LogP contribution in [0, 0.1) is 0 Å². The lowest BCUT2D eigenvalue weighted by molar-refractivity contribution is -0.143. The molecular formula is C21H14BrF6N3O3S. The molecule has 6 nitrogen and oxygen atoms in total. The largest absolute Gasteiger partial charge is 0.416 e. The molecule has 0 saturated carbocycles. The third-order valence-corrected chi connectivity index (χ3v) is 5.87. The fourth-order valence-electron chi connectivity index (χ4n) is 2.96. The SMILES string of the molecule is O=C(Nc1ccccc1Br)Nc1ccccc1N(c1cc(C(F)(F)F)cc(C(F)(F)F)c1)S(=O)O. The van der Waals surface area contributed by atoms with E-state index in [0.29, 0.717) is 26.6 Å². The molecule has 0 saturated heterocycles. The number of anilines is 4. The van der Waals surface area contributed by atoms with E-state index in [1.165, 1.54) is 18.2 Å². The smallest absolute Gasteiger partial charge is 0.307 e. The summed E-state index contributed by atoms with van der Waals surface area (Å²) in [6.45, 7) is 0. The van der Waals surface area contributed by atoms with E-state index in [-0.39, 0.29) is 17.4 Å². The summed E-state index contributed by atoms with van der Waals surface area (Å²) in [5.74, 6) is 0. The van der Waals surface area contributed by atoms with Crippen molar-refractivity contribution in [2.45, 2.75) is 12.4 Å². The fraction of sp³-hybridized carbons (Fsp3) is 0.0952. The van der Waals surface area contributed by atoms with Gasteiger partial charge in [0.2, 0.25) is 0 Å². The molecule has 3 N–H and O–H groups in total. The summed E-state index contributed by atoms with van der Waals surface area (Å²) in [4.78, 5) is 12.5. The van der Waals surface area contributed by atoms with Crippen molar-refractivity contribution in [3.8, 4) is 0 Å². The van der Waals surface area contributed by atoms with Crippen LogP contribution < -0.4 is 14.9 Å². The molecule has 0 aliphatic carbocycles. The molecule has 14 heteroatoms. The van der Waals surface area contributed by atoms with Crippen molar-refractivity contribution in [2.75, 3.05) is 14.9 Å². The lowest BCUT2D eigenvalue weighted by Crippen LogP contribution is -2.25. The van der Waals surface area contributed by atoms with E-state index < -0.39 is 46.5 Å². The number of halogens is 7. The molecule has 0 fully saturated rings. The van der Waals surface area contributed by atoms with Gasteiger partial charge in [-0.1, -0.05) is 24.3 Å². The summed E-state index contributed by atoms with van der Waals surface area (Å²) < 4.78 is 103. The van der Waals surface area contributed by atoms with Crippen LogP contribution >= 0.6 is 15.9 Å². The van der Waals surface area contributed by atoms with Gasteiger partial charge in [-0.2, -0.15) is 26.3 Å². The summed E-state index contributed by atoms with van der Waals surface area (Å²) in [6, 6.07) is 11.4. The van der Waals surface area contributed by atoms with Crippen LogP contribution in [-0.2, 0) is 23.6 Å². The first-order valence-corrected chi connectivity index (χ1v) is 11.2. The van der Waals surface area contributed by atoms with Crippen molar-refractivity contribution in [3.63, 3.8) is 0 Å². The number of carbonyl (C=O) groups is 1. The summed E-state index contributed by atoms with van der Waals surface area (Å²) in [5.41, 5.74) is -4.34. The lowest BCUT2D eigenvalue weighted by atomic mass is 10.1. The Kier molecular flexibility index (Phi) is 7.77. The Bertz CT molecular complexity index is 1240. The topological polar surface area (TPSA) is 81.7 Å².